The molecular formula is C19H19FN2O4. The Morgan fingerprint density at radius 2 is 1.96 bits per heavy atom. The molecule has 1 atom stereocenters. The van der Waals surface area contributed by atoms with Crippen molar-refractivity contribution in [2.45, 2.75) is 26.5 Å². The van der Waals surface area contributed by atoms with E-state index in [1.165, 1.54) is 24.3 Å². The van der Waals surface area contributed by atoms with Crippen LogP contribution in [-0.2, 0) is 6.54 Å². The second-order valence-corrected chi connectivity index (χ2v) is 6.10. The zero-order valence-corrected chi connectivity index (χ0v) is 14.5. The van der Waals surface area contributed by atoms with Crippen LogP contribution in [0.4, 0.5) is 4.39 Å². The number of halogens is 1. The van der Waals surface area contributed by atoms with Crippen LogP contribution in [0.1, 0.15) is 11.1 Å². The van der Waals surface area contributed by atoms with Crippen LogP contribution < -0.4 is 10.5 Å². The van der Waals surface area contributed by atoms with E-state index in [9.17, 15) is 14.3 Å². The molecule has 0 aliphatic heterocycles. The summed E-state index contributed by atoms with van der Waals surface area (Å²) in [5.74, 6) is -0.351. The zero-order chi connectivity index (χ0) is 18.7. The van der Waals surface area contributed by atoms with Crippen LogP contribution in [0.5, 0.6) is 5.75 Å². The van der Waals surface area contributed by atoms with Gasteiger partial charge in [0.2, 0.25) is 5.89 Å². The molecule has 0 saturated carbocycles. The highest BCUT2D eigenvalue weighted by molar-refractivity contribution is 5.51. The molecular weight excluding hydrogens is 339 g/mol. The molecule has 0 fully saturated rings. The number of hydrogen-bond donors (Lipinski definition) is 1. The lowest BCUT2D eigenvalue weighted by atomic mass is 10.1. The predicted octanol–water partition coefficient (Wildman–Crippen LogP) is 2.70. The van der Waals surface area contributed by atoms with E-state index in [1.807, 2.05) is 32.0 Å². The molecule has 3 aromatic rings. The molecule has 1 N–H and O–H groups in total. The predicted molar refractivity (Wildman–Crippen MR) is 93.6 cm³/mol. The lowest BCUT2D eigenvalue weighted by molar-refractivity contribution is 0.0872. The monoisotopic (exact) mass is 358 g/mol. The van der Waals surface area contributed by atoms with Crippen molar-refractivity contribution in [1.82, 2.24) is 9.78 Å². The number of rotatable bonds is 6. The van der Waals surface area contributed by atoms with Gasteiger partial charge in [0.25, 0.3) is 0 Å². The summed E-state index contributed by atoms with van der Waals surface area (Å²) in [7, 11) is 0. The molecule has 3 rings (SSSR count). The topological polar surface area (TPSA) is 77.5 Å². The van der Waals surface area contributed by atoms with E-state index in [4.69, 9.17) is 9.15 Å². The van der Waals surface area contributed by atoms with E-state index >= 15 is 0 Å². The Bertz CT molecular complexity index is 947. The Labute approximate surface area is 149 Å². The second-order valence-electron chi connectivity index (χ2n) is 6.10. The summed E-state index contributed by atoms with van der Waals surface area (Å²) in [6, 6.07) is 11.2. The molecule has 0 aliphatic rings. The molecule has 7 heteroatoms. The first-order valence-electron chi connectivity index (χ1n) is 8.14. The van der Waals surface area contributed by atoms with E-state index in [-0.39, 0.29) is 19.0 Å². The first-order chi connectivity index (χ1) is 12.4. The molecule has 0 radical (unpaired) electrons. The Morgan fingerprint density at radius 3 is 2.65 bits per heavy atom. The van der Waals surface area contributed by atoms with Gasteiger partial charge >= 0.3 is 5.76 Å². The molecule has 2 aromatic carbocycles. The number of hydrogen-bond acceptors (Lipinski definition) is 5. The van der Waals surface area contributed by atoms with Gasteiger partial charge in [-0.2, -0.15) is 4.68 Å². The fourth-order valence-electron chi connectivity index (χ4n) is 2.53. The highest BCUT2D eigenvalue weighted by atomic mass is 19.1. The van der Waals surface area contributed by atoms with Crippen molar-refractivity contribution in [3.05, 3.63) is 70.0 Å². The number of aliphatic hydroxyl groups is 1. The first kappa shape index (κ1) is 17.9. The third kappa shape index (κ3) is 4.18. The van der Waals surface area contributed by atoms with Crippen molar-refractivity contribution in [2.75, 3.05) is 6.61 Å². The summed E-state index contributed by atoms with van der Waals surface area (Å²) in [4.78, 5) is 11.9. The lowest BCUT2D eigenvalue weighted by Gasteiger charge is -2.13. The van der Waals surface area contributed by atoms with E-state index in [0.717, 1.165) is 15.8 Å². The minimum atomic E-state index is -0.945. The first-order valence-corrected chi connectivity index (χ1v) is 8.14. The van der Waals surface area contributed by atoms with Gasteiger partial charge in [-0.3, -0.25) is 0 Å². The fourth-order valence-corrected chi connectivity index (χ4v) is 2.53. The third-order valence-electron chi connectivity index (χ3n) is 3.84. The normalized spacial score (nSPS) is 12.2. The second kappa shape index (κ2) is 7.53. The van der Waals surface area contributed by atoms with Gasteiger partial charge < -0.3 is 14.3 Å². The summed E-state index contributed by atoms with van der Waals surface area (Å²) in [5.41, 5.74) is 2.57. The Balaban J connectivity index is 1.65. The van der Waals surface area contributed by atoms with Crippen LogP contribution >= 0.6 is 0 Å². The summed E-state index contributed by atoms with van der Waals surface area (Å²) in [5, 5.41) is 14.2. The summed E-state index contributed by atoms with van der Waals surface area (Å²) < 4.78 is 24.7. The van der Waals surface area contributed by atoms with Crippen LogP contribution in [0, 0.1) is 19.7 Å². The van der Waals surface area contributed by atoms with Gasteiger partial charge in [0.05, 0.1) is 6.54 Å². The zero-order valence-electron chi connectivity index (χ0n) is 14.5. The van der Waals surface area contributed by atoms with Gasteiger partial charge in [0.15, 0.2) is 0 Å². The summed E-state index contributed by atoms with van der Waals surface area (Å²) in [6.45, 7) is 3.84. The van der Waals surface area contributed by atoms with E-state index in [2.05, 4.69) is 5.10 Å². The van der Waals surface area contributed by atoms with Crippen molar-refractivity contribution in [1.29, 1.82) is 0 Å². The van der Waals surface area contributed by atoms with Crippen LogP contribution in [0.2, 0.25) is 0 Å². The van der Waals surface area contributed by atoms with Crippen molar-refractivity contribution in [3.63, 3.8) is 0 Å². The summed E-state index contributed by atoms with van der Waals surface area (Å²) in [6.07, 6.45) is -0.945. The van der Waals surface area contributed by atoms with E-state index in [1.54, 1.807) is 0 Å². The quantitative estimate of drug-likeness (QED) is 0.733. The van der Waals surface area contributed by atoms with E-state index in [0.29, 0.717) is 11.3 Å². The average Bonchev–Trinajstić information content (AvgIpc) is 2.95. The fraction of sp³-hybridized carbons (Fsp3) is 0.263. The average molecular weight is 358 g/mol. The highest BCUT2D eigenvalue weighted by Gasteiger charge is 2.15. The van der Waals surface area contributed by atoms with Crippen molar-refractivity contribution in [3.8, 4) is 17.2 Å². The third-order valence-corrected chi connectivity index (χ3v) is 3.84. The molecule has 0 unspecified atom stereocenters. The van der Waals surface area contributed by atoms with E-state index < -0.39 is 17.7 Å². The Kier molecular flexibility index (Phi) is 5.18. The number of aryl methyl sites for hydroxylation is 2. The smallest absolute Gasteiger partial charge is 0.437 e. The number of aromatic nitrogens is 2. The number of ether oxygens (including phenoxy) is 1. The molecule has 1 aromatic heterocycles. The minimum Gasteiger partial charge on any atom is -0.491 e. The molecule has 0 spiro atoms. The van der Waals surface area contributed by atoms with Gasteiger partial charge in [-0.1, -0.05) is 17.7 Å². The molecule has 26 heavy (non-hydrogen) atoms. The van der Waals surface area contributed by atoms with Crippen molar-refractivity contribution < 1.29 is 18.7 Å². The van der Waals surface area contributed by atoms with Crippen LogP contribution in [0.15, 0.2) is 51.7 Å². The minimum absolute atomic E-state index is 0.00901. The largest absolute Gasteiger partial charge is 0.491 e. The van der Waals surface area contributed by atoms with Crippen LogP contribution in [0.25, 0.3) is 11.5 Å². The maximum absolute atomic E-state index is 13.0. The van der Waals surface area contributed by atoms with Crippen molar-refractivity contribution >= 4 is 0 Å². The van der Waals surface area contributed by atoms with Gasteiger partial charge in [0.1, 0.15) is 24.3 Å². The number of aliphatic hydroxyl groups excluding tert-OH is 1. The standard InChI is InChI=1S/C19H19FN2O4/c1-12-3-8-17(13(2)9-12)25-11-16(23)10-22-19(24)26-18(21-22)14-4-6-15(20)7-5-14/h3-9,16,23H,10-11H2,1-2H3/t16-/m0/s1. The van der Waals surface area contributed by atoms with Gasteiger partial charge in [-0.05, 0) is 49.7 Å². The number of benzene rings is 2. The van der Waals surface area contributed by atoms with Crippen LogP contribution in [0.3, 0.4) is 0 Å². The molecule has 6 nitrogen and oxygen atoms in total. The van der Waals surface area contributed by atoms with Gasteiger partial charge in [-0.25, -0.2) is 9.18 Å². The molecule has 0 saturated heterocycles. The van der Waals surface area contributed by atoms with Gasteiger partial charge in [0, 0.05) is 5.56 Å². The Morgan fingerprint density at radius 1 is 1.23 bits per heavy atom. The van der Waals surface area contributed by atoms with Gasteiger partial charge in [-0.15, -0.1) is 5.10 Å². The maximum Gasteiger partial charge on any atom is 0.437 e. The molecule has 0 aliphatic carbocycles. The molecule has 0 amide bonds. The summed E-state index contributed by atoms with van der Waals surface area (Å²) >= 11 is 0. The molecule has 0 bridgehead atoms. The lowest BCUT2D eigenvalue weighted by Crippen LogP contribution is -2.29. The van der Waals surface area contributed by atoms with Crippen LogP contribution in [-0.4, -0.2) is 27.6 Å². The molecule has 136 valence electrons. The highest BCUT2D eigenvalue weighted by Crippen LogP contribution is 2.19. The number of nitrogens with zero attached hydrogens (tertiary/aromatic N) is 2. The maximum atomic E-state index is 13.0. The SMILES string of the molecule is Cc1ccc(OC[C@@H](O)Cn2nc(-c3ccc(F)cc3)oc2=O)c(C)c1. The Hall–Kier alpha value is -2.93. The molecule has 1 heterocycles. The van der Waals surface area contributed by atoms with Crippen molar-refractivity contribution in [2.24, 2.45) is 0 Å².